The summed E-state index contributed by atoms with van der Waals surface area (Å²) in [7, 11) is 0. The minimum atomic E-state index is -0.100. The Morgan fingerprint density at radius 2 is 2.14 bits per heavy atom. The molecule has 1 heterocycles. The third kappa shape index (κ3) is 4.04. The molecule has 1 aromatic carbocycles. The smallest absolute Gasteiger partial charge is 0.126 e. The van der Waals surface area contributed by atoms with Gasteiger partial charge in [-0.3, -0.25) is 4.90 Å². The van der Waals surface area contributed by atoms with Gasteiger partial charge in [0.1, 0.15) is 5.82 Å². The van der Waals surface area contributed by atoms with Crippen molar-refractivity contribution in [2.24, 2.45) is 0 Å². The molecule has 0 radical (unpaired) electrons. The number of halogens is 1. The van der Waals surface area contributed by atoms with E-state index in [-0.39, 0.29) is 11.9 Å². The Hall–Kier alpha value is -0.930. The molecule has 1 fully saturated rings. The number of nitrogens with one attached hydrogen (secondary N) is 1. The summed E-state index contributed by atoms with van der Waals surface area (Å²) in [5, 5.41) is 3.50. The van der Waals surface area contributed by atoms with Gasteiger partial charge < -0.3 is 5.32 Å². The van der Waals surface area contributed by atoms with Crippen molar-refractivity contribution in [1.82, 2.24) is 10.2 Å². The summed E-state index contributed by atoms with van der Waals surface area (Å²) in [6.07, 6.45) is 3.59. The van der Waals surface area contributed by atoms with Crippen LogP contribution in [0.25, 0.3) is 0 Å². The Labute approximate surface area is 128 Å². The minimum absolute atomic E-state index is 0.100. The maximum absolute atomic E-state index is 13.8. The topological polar surface area (TPSA) is 15.3 Å². The third-order valence-electron chi connectivity index (χ3n) is 4.81. The van der Waals surface area contributed by atoms with Crippen LogP contribution in [0.3, 0.4) is 0 Å². The normalized spacial score (nSPS) is 19.9. The molecule has 0 saturated carbocycles. The van der Waals surface area contributed by atoms with Crippen molar-refractivity contribution in [3.8, 4) is 0 Å². The van der Waals surface area contributed by atoms with Gasteiger partial charge in [0.05, 0.1) is 0 Å². The Morgan fingerprint density at radius 1 is 1.38 bits per heavy atom. The maximum Gasteiger partial charge on any atom is 0.126 e. The molecule has 1 aromatic rings. The van der Waals surface area contributed by atoms with Crippen molar-refractivity contribution in [3.05, 3.63) is 35.1 Å². The van der Waals surface area contributed by atoms with E-state index in [0.717, 1.165) is 30.6 Å². The van der Waals surface area contributed by atoms with E-state index in [1.54, 1.807) is 6.07 Å². The lowest BCUT2D eigenvalue weighted by atomic mass is 9.99. The third-order valence-corrected chi connectivity index (χ3v) is 4.81. The van der Waals surface area contributed by atoms with Gasteiger partial charge in [-0.25, -0.2) is 4.39 Å². The molecule has 1 N–H and O–H groups in total. The summed E-state index contributed by atoms with van der Waals surface area (Å²) in [6, 6.07) is 5.87. The van der Waals surface area contributed by atoms with Gasteiger partial charge in [-0.1, -0.05) is 19.1 Å². The highest BCUT2D eigenvalue weighted by atomic mass is 19.1. The van der Waals surface area contributed by atoms with E-state index in [1.807, 2.05) is 13.0 Å². The van der Waals surface area contributed by atoms with E-state index in [9.17, 15) is 4.39 Å². The van der Waals surface area contributed by atoms with Gasteiger partial charge in [0, 0.05) is 18.1 Å². The SMILES string of the molecule is CCNC(CCN1CCCC1(C)C)c1ccc(C)c(F)c1. The highest BCUT2D eigenvalue weighted by Gasteiger charge is 2.31. The molecule has 118 valence electrons. The van der Waals surface area contributed by atoms with E-state index in [0.29, 0.717) is 5.54 Å². The van der Waals surface area contributed by atoms with Gasteiger partial charge in [0.2, 0.25) is 0 Å². The van der Waals surface area contributed by atoms with E-state index >= 15 is 0 Å². The molecule has 1 atom stereocenters. The fraction of sp³-hybridized carbons (Fsp3) is 0.667. The van der Waals surface area contributed by atoms with Crippen molar-refractivity contribution in [3.63, 3.8) is 0 Å². The summed E-state index contributed by atoms with van der Waals surface area (Å²) in [6.45, 7) is 11.7. The van der Waals surface area contributed by atoms with Crippen molar-refractivity contribution in [2.75, 3.05) is 19.6 Å². The second-order valence-corrected chi connectivity index (χ2v) is 6.81. The quantitative estimate of drug-likeness (QED) is 0.851. The Bertz CT molecular complexity index is 470. The first-order chi connectivity index (χ1) is 9.94. The molecule has 0 aromatic heterocycles. The molecule has 0 bridgehead atoms. The Kier molecular flexibility index (Phi) is 5.39. The second kappa shape index (κ2) is 6.89. The van der Waals surface area contributed by atoms with E-state index in [2.05, 4.69) is 37.1 Å². The highest BCUT2D eigenvalue weighted by Crippen LogP contribution is 2.29. The van der Waals surface area contributed by atoms with Crippen LogP contribution in [0.15, 0.2) is 18.2 Å². The Balaban J connectivity index is 2.03. The molecule has 0 amide bonds. The predicted molar refractivity (Wildman–Crippen MR) is 87.1 cm³/mol. The average Bonchev–Trinajstić information content (AvgIpc) is 2.77. The zero-order chi connectivity index (χ0) is 15.5. The first kappa shape index (κ1) is 16.4. The summed E-state index contributed by atoms with van der Waals surface area (Å²) in [5.41, 5.74) is 2.10. The number of hydrogen-bond acceptors (Lipinski definition) is 2. The number of rotatable bonds is 6. The molecule has 3 heteroatoms. The second-order valence-electron chi connectivity index (χ2n) is 6.81. The first-order valence-corrected chi connectivity index (χ1v) is 8.18. The monoisotopic (exact) mass is 292 g/mol. The highest BCUT2D eigenvalue weighted by molar-refractivity contribution is 5.25. The van der Waals surface area contributed by atoms with Gasteiger partial charge in [0.25, 0.3) is 0 Å². The van der Waals surface area contributed by atoms with Crippen LogP contribution in [0, 0.1) is 12.7 Å². The van der Waals surface area contributed by atoms with Gasteiger partial charge in [-0.15, -0.1) is 0 Å². The van der Waals surface area contributed by atoms with Crippen molar-refractivity contribution in [2.45, 2.75) is 58.5 Å². The number of nitrogens with zero attached hydrogens (tertiary/aromatic N) is 1. The zero-order valence-corrected chi connectivity index (χ0v) is 13.9. The largest absolute Gasteiger partial charge is 0.310 e. The summed E-state index contributed by atoms with van der Waals surface area (Å²) >= 11 is 0. The van der Waals surface area contributed by atoms with Crippen molar-refractivity contribution < 1.29 is 4.39 Å². The standard InChI is InChI=1S/C18H29FN2/c1-5-20-17(15-8-7-14(2)16(19)13-15)9-12-21-11-6-10-18(21,3)4/h7-8,13,17,20H,5-6,9-12H2,1-4H3. The summed E-state index contributed by atoms with van der Waals surface area (Å²) in [4.78, 5) is 2.57. The molecule has 1 aliphatic heterocycles. The molecule has 0 aliphatic carbocycles. The summed E-state index contributed by atoms with van der Waals surface area (Å²) < 4.78 is 13.8. The van der Waals surface area contributed by atoms with E-state index < -0.39 is 0 Å². The predicted octanol–water partition coefficient (Wildman–Crippen LogP) is 4.05. The van der Waals surface area contributed by atoms with Crippen LogP contribution in [0.2, 0.25) is 0 Å². The van der Waals surface area contributed by atoms with E-state index in [1.165, 1.54) is 19.4 Å². The zero-order valence-electron chi connectivity index (χ0n) is 13.9. The fourth-order valence-electron chi connectivity index (χ4n) is 3.32. The molecular formula is C18H29FN2. The van der Waals surface area contributed by atoms with Crippen LogP contribution >= 0.6 is 0 Å². The molecule has 1 unspecified atom stereocenters. The van der Waals surface area contributed by atoms with Crippen LogP contribution < -0.4 is 5.32 Å². The number of aryl methyl sites for hydroxylation is 1. The minimum Gasteiger partial charge on any atom is -0.310 e. The number of benzene rings is 1. The maximum atomic E-state index is 13.8. The van der Waals surface area contributed by atoms with Crippen LogP contribution in [0.1, 0.15) is 57.2 Å². The fourth-order valence-corrected chi connectivity index (χ4v) is 3.32. The average molecular weight is 292 g/mol. The first-order valence-electron chi connectivity index (χ1n) is 8.18. The van der Waals surface area contributed by atoms with Gasteiger partial charge in [0.15, 0.2) is 0 Å². The lowest BCUT2D eigenvalue weighted by Gasteiger charge is -2.33. The lowest BCUT2D eigenvalue weighted by Crippen LogP contribution is -2.40. The van der Waals surface area contributed by atoms with Crippen LogP contribution in [0.5, 0.6) is 0 Å². The van der Waals surface area contributed by atoms with Crippen LogP contribution in [-0.4, -0.2) is 30.1 Å². The van der Waals surface area contributed by atoms with Crippen LogP contribution in [0.4, 0.5) is 4.39 Å². The summed E-state index contributed by atoms with van der Waals surface area (Å²) in [5.74, 6) is -0.100. The van der Waals surface area contributed by atoms with Crippen LogP contribution in [-0.2, 0) is 0 Å². The molecule has 21 heavy (non-hydrogen) atoms. The molecule has 0 spiro atoms. The molecule has 1 aliphatic rings. The Morgan fingerprint density at radius 3 is 2.71 bits per heavy atom. The number of hydrogen-bond donors (Lipinski definition) is 1. The molecule has 1 saturated heterocycles. The molecule has 2 rings (SSSR count). The van der Waals surface area contributed by atoms with Crippen molar-refractivity contribution >= 4 is 0 Å². The molecule has 2 nitrogen and oxygen atoms in total. The van der Waals surface area contributed by atoms with Gasteiger partial charge in [-0.2, -0.15) is 0 Å². The molecular weight excluding hydrogens is 263 g/mol. The lowest BCUT2D eigenvalue weighted by molar-refractivity contribution is 0.166. The van der Waals surface area contributed by atoms with Gasteiger partial charge >= 0.3 is 0 Å². The number of likely N-dealkylation sites (tertiary alicyclic amines) is 1. The van der Waals surface area contributed by atoms with Gasteiger partial charge in [-0.05, 0) is 70.3 Å². The van der Waals surface area contributed by atoms with E-state index in [4.69, 9.17) is 0 Å². The van der Waals surface area contributed by atoms with Crippen molar-refractivity contribution in [1.29, 1.82) is 0 Å².